The molecule has 33 heavy (non-hydrogen) atoms. The zero-order valence-corrected chi connectivity index (χ0v) is 19.6. The molecule has 0 spiro atoms. The van der Waals surface area contributed by atoms with E-state index in [0.29, 0.717) is 27.7 Å². The molecule has 0 bridgehead atoms. The van der Waals surface area contributed by atoms with E-state index in [1.165, 1.54) is 16.6 Å². The van der Waals surface area contributed by atoms with E-state index >= 15 is 0 Å². The van der Waals surface area contributed by atoms with Gasteiger partial charge in [0.25, 0.3) is 5.56 Å². The number of thiophene rings is 1. The Morgan fingerprint density at radius 3 is 2.73 bits per heavy atom. The van der Waals surface area contributed by atoms with Gasteiger partial charge in [0.05, 0.1) is 17.5 Å². The van der Waals surface area contributed by atoms with Crippen LogP contribution in [-0.4, -0.2) is 22.6 Å². The summed E-state index contributed by atoms with van der Waals surface area (Å²) in [6, 6.07) is 14.5. The third-order valence-electron chi connectivity index (χ3n) is 5.84. The van der Waals surface area contributed by atoms with Crippen molar-refractivity contribution in [3.8, 4) is 17.1 Å². The van der Waals surface area contributed by atoms with E-state index in [2.05, 4.69) is 5.32 Å². The molecule has 2 aromatic carbocycles. The van der Waals surface area contributed by atoms with Crippen molar-refractivity contribution in [1.82, 2.24) is 9.55 Å². The Hall–Kier alpha value is -3.16. The van der Waals surface area contributed by atoms with Gasteiger partial charge in [-0.1, -0.05) is 41.9 Å². The lowest BCUT2D eigenvalue weighted by Crippen LogP contribution is -2.30. The molecule has 0 unspecified atom stereocenters. The first-order chi connectivity index (χ1) is 16.0. The van der Waals surface area contributed by atoms with Crippen molar-refractivity contribution in [1.29, 1.82) is 0 Å². The Morgan fingerprint density at radius 2 is 1.97 bits per heavy atom. The Balaban J connectivity index is 1.57. The maximum absolute atomic E-state index is 13.7. The highest BCUT2D eigenvalue weighted by molar-refractivity contribution is 7.18. The van der Waals surface area contributed by atoms with Crippen molar-refractivity contribution in [3.05, 3.63) is 74.3 Å². The van der Waals surface area contributed by atoms with Gasteiger partial charge >= 0.3 is 0 Å². The molecule has 0 saturated heterocycles. The van der Waals surface area contributed by atoms with Crippen molar-refractivity contribution >= 4 is 44.7 Å². The third kappa shape index (κ3) is 4.14. The number of hydrogen-bond donors (Lipinski definition) is 1. The predicted molar refractivity (Wildman–Crippen MR) is 133 cm³/mol. The number of ether oxygens (including phenoxy) is 1. The number of nitrogens with zero attached hydrogens (tertiary/aromatic N) is 2. The Morgan fingerprint density at radius 1 is 1.18 bits per heavy atom. The van der Waals surface area contributed by atoms with Crippen LogP contribution in [0.1, 0.15) is 23.3 Å². The second-order valence-corrected chi connectivity index (χ2v) is 9.47. The van der Waals surface area contributed by atoms with Gasteiger partial charge in [0.15, 0.2) is 0 Å². The predicted octanol–water partition coefficient (Wildman–Crippen LogP) is 5.30. The van der Waals surface area contributed by atoms with E-state index in [9.17, 15) is 9.59 Å². The van der Waals surface area contributed by atoms with E-state index < -0.39 is 0 Å². The van der Waals surface area contributed by atoms with Gasteiger partial charge in [0, 0.05) is 16.1 Å². The van der Waals surface area contributed by atoms with Crippen molar-refractivity contribution in [2.45, 2.75) is 32.2 Å². The number of hydrogen-bond acceptors (Lipinski definition) is 5. The van der Waals surface area contributed by atoms with Crippen molar-refractivity contribution < 1.29 is 9.53 Å². The summed E-state index contributed by atoms with van der Waals surface area (Å²) in [7, 11) is 1.53. The minimum atomic E-state index is -0.333. The molecule has 0 saturated carbocycles. The molecule has 8 heteroatoms. The van der Waals surface area contributed by atoms with Gasteiger partial charge in [-0.25, -0.2) is 4.98 Å². The van der Waals surface area contributed by atoms with Crippen molar-refractivity contribution in [2.24, 2.45) is 0 Å². The maximum Gasteiger partial charge on any atom is 0.263 e. The summed E-state index contributed by atoms with van der Waals surface area (Å²) in [4.78, 5) is 33.5. The van der Waals surface area contributed by atoms with Gasteiger partial charge in [-0.15, -0.1) is 11.3 Å². The van der Waals surface area contributed by atoms with Gasteiger partial charge in [-0.05, 0) is 49.4 Å². The summed E-state index contributed by atoms with van der Waals surface area (Å²) in [6.07, 6.45) is 4.06. The molecule has 1 aliphatic rings. The number of amides is 1. The van der Waals surface area contributed by atoms with Crippen LogP contribution in [-0.2, 0) is 24.2 Å². The van der Waals surface area contributed by atoms with E-state index in [1.807, 2.05) is 30.3 Å². The molecule has 1 amide bonds. The summed E-state index contributed by atoms with van der Waals surface area (Å²) in [6.45, 7) is -0.153. The van der Waals surface area contributed by atoms with Crippen molar-refractivity contribution in [2.75, 3.05) is 12.4 Å². The first kappa shape index (κ1) is 21.7. The first-order valence-corrected chi connectivity index (χ1v) is 12.0. The molecule has 0 radical (unpaired) electrons. The van der Waals surface area contributed by atoms with Crippen LogP contribution < -0.4 is 15.6 Å². The molecule has 2 heterocycles. The van der Waals surface area contributed by atoms with Crippen LogP contribution in [0.25, 0.3) is 21.6 Å². The van der Waals surface area contributed by atoms with Crippen LogP contribution in [0.2, 0.25) is 5.02 Å². The van der Waals surface area contributed by atoms with Gasteiger partial charge in [-0.3, -0.25) is 14.2 Å². The largest absolute Gasteiger partial charge is 0.495 e. The van der Waals surface area contributed by atoms with Crippen LogP contribution in [0.3, 0.4) is 0 Å². The van der Waals surface area contributed by atoms with Gasteiger partial charge in [0.2, 0.25) is 5.91 Å². The SMILES string of the molecule is COc1ccc(NC(=O)Cn2c(-c3ccccc3)nc3sc4c(c3c2=O)CCCC4)cc1Cl. The smallest absolute Gasteiger partial charge is 0.263 e. The fourth-order valence-corrected chi connectivity index (χ4v) is 5.79. The number of nitrogens with one attached hydrogen (secondary N) is 1. The minimum Gasteiger partial charge on any atom is -0.495 e. The highest BCUT2D eigenvalue weighted by Crippen LogP contribution is 2.35. The average molecular weight is 480 g/mol. The number of halogens is 1. The molecule has 6 nitrogen and oxygen atoms in total. The lowest BCUT2D eigenvalue weighted by Gasteiger charge is -2.14. The first-order valence-electron chi connectivity index (χ1n) is 10.8. The van der Waals surface area contributed by atoms with Crippen LogP contribution >= 0.6 is 22.9 Å². The second-order valence-electron chi connectivity index (χ2n) is 7.98. The number of aromatic nitrogens is 2. The van der Waals surface area contributed by atoms with Gasteiger partial charge in [0.1, 0.15) is 22.9 Å². The molecule has 1 aliphatic carbocycles. The monoisotopic (exact) mass is 479 g/mol. The number of methoxy groups -OCH3 is 1. The van der Waals surface area contributed by atoms with Crippen LogP contribution in [0.15, 0.2) is 53.3 Å². The third-order valence-corrected chi connectivity index (χ3v) is 7.33. The quantitative estimate of drug-likeness (QED) is 0.421. The number of aryl methyl sites for hydroxylation is 2. The summed E-state index contributed by atoms with van der Waals surface area (Å²) in [5.41, 5.74) is 2.26. The summed E-state index contributed by atoms with van der Waals surface area (Å²) in [5.74, 6) is 0.685. The molecular weight excluding hydrogens is 458 g/mol. The fraction of sp³-hybridized carbons (Fsp3) is 0.240. The van der Waals surface area contributed by atoms with Gasteiger partial charge in [-0.2, -0.15) is 0 Å². The second kappa shape index (κ2) is 9.00. The number of anilines is 1. The molecule has 2 aromatic heterocycles. The number of benzene rings is 2. The zero-order valence-electron chi connectivity index (χ0n) is 18.1. The van der Waals surface area contributed by atoms with Crippen LogP contribution in [0.5, 0.6) is 5.75 Å². The molecular formula is C25H22ClN3O3S. The lowest BCUT2D eigenvalue weighted by atomic mass is 9.97. The molecule has 0 fully saturated rings. The van der Waals surface area contributed by atoms with Crippen LogP contribution in [0, 0.1) is 0 Å². The number of fused-ring (bicyclic) bond motifs is 3. The molecule has 5 rings (SSSR count). The van der Waals surface area contributed by atoms with E-state index in [1.54, 1.807) is 29.5 Å². The maximum atomic E-state index is 13.7. The van der Waals surface area contributed by atoms with Crippen LogP contribution in [0.4, 0.5) is 5.69 Å². The minimum absolute atomic E-state index is 0.153. The topological polar surface area (TPSA) is 73.2 Å². The fourth-order valence-electron chi connectivity index (χ4n) is 4.28. The summed E-state index contributed by atoms with van der Waals surface area (Å²) >= 11 is 7.79. The highest BCUT2D eigenvalue weighted by atomic mass is 35.5. The zero-order chi connectivity index (χ0) is 22.9. The molecule has 1 N–H and O–H groups in total. The molecule has 168 valence electrons. The number of carbonyl (C=O) groups excluding carboxylic acids is 1. The number of carbonyl (C=O) groups is 1. The Bertz CT molecular complexity index is 1410. The number of rotatable bonds is 5. The molecule has 4 aromatic rings. The average Bonchev–Trinajstić information content (AvgIpc) is 3.20. The summed E-state index contributed by atoms with van der Waals surface area (Å²) in [5, 5.41) is 3.88. The molecule has 0 aliphatic heterocycles. The Kier molecular flexibility index (Phi) is 5.91. The highest BCUT2D eigenvalue weighted by Gasteiger charge is 2.23. The van der Waals surface area contributed by atoms with E-state index in [0.717, 1.165) is 41.6 Å². The normalized spacial score (nSPS) is 13.0. The molecule has 0 atom stereocenters. The Labute approximate surface area is 199 Å². The van der Waals surface area contributed by atoms with E-state index in [-0.39, 0.29) is 18.0 Å². The van der Waals surface area contributed by atoms with E-state index in [4.69, 9.17) is 21.3 Å². The lowest BCUT2D eigenvalue weighted by molar-refractivity contribution is -0.116. The van der Waals surface area contributed by atoms with Crippen molar-refractivity contribution in [3.63, 3.8) is 0 Å². The summed E-state index contributed by atoms with van der Waals surface area (Å²) < 4.78 is 6.65. The standard InChI is InChI=1S/C25H22ClN3O3S/c1-32-19-12-11-16(13-18(19)26)27-21(30)14-29-23(15-7-3-2-4-8-15)28-24-22(25(29)31)17-9-5-6-10-20(17)33-24/h2-4,7-8,11-13H,5-6,9-10,14H2,1H3,(H,27,30). The van der Waals surface area contributed by atoms with Gasteiger partial charge < -0.3 is 10.1 Å².